The molecule has 3 aromatic rings. The zero-order valence-electron chi connectivity index (χ0n) is 30.1. The molecular formula is C37H45F3N8O7. The predicted octanol–water partition coefficient (Wildman–Crippen LogP) is 2.80. The number of urea groups is 1. The number of hydrogen-bond donors (Lipinski definition) is 8. The van der Waals surface area contributed by atoms with Gasteiger partial charge in [-0.05, 0) is 47.2 Å². The monoisotopic (exact) mass is 770 g/mol. The lowest BCUT2D eigenvalue weighted by Crippen LogP contribution is -2.50. The van der Waals surface area contributed by atoms with Gasteiger partial charge < -0.3 is 42.5 Å². The average molecular weight is 771 g/mol. The van der Waals surface area contributed by atoms with Crippen LogP contribution in [0.5, 0.6) is 5.75 Å². The van der Waals surface area contributed by atoms with E-state index in [-0.39, 0.29) is 62.0 Å². The highest BCUT2D eigenvalue weighted by atomic mass is 19.4. The minimum absolute atomic E-state index is 0.0970. The number of nitrogens with two attached hydrogens (primary N) is 1. The molecule has 1 unspecified atom stereocenters. The molecule has 0 saturated heterocycles. The Labute approximate surface area is 315 Å². The summed E-state index contributed by atoms with van der Waals surface area (Å²) >= 11 is 0. The van der Waals surface area contributed by atoms with E-state index in [1.807, 2.05) is 42.5 Å². The molecule has 1 aliphatic rings. The number of carbonyl (C=O) groups excluding carboxylic acids is 4. The third kappa shape index (κ3) is 15.0. The van der Waals surface area contributed by atoms with E-state index in [0.717, 1.165) is 22.3 Å². The molecule has 4 rings (SSSR count). The number of amides is 5. The molecule has 0 spiro atoms. The van der Waals surface area contributed by atoms with E-state index in [1.165, 1.54) is 0 Å². The topological polar surface area (TPSA) is 228 Å². The average Bonchev–Trinajstić information content (AvgIpc) is 3.58. The first-order valence-electron chi connectivity index (χ1n) is 17.3. The Morgan fingerprint density at radius 3 is 1.98 bits per heavy atom. The van der Waals surface area contributed by atoms with Crippen molar-refractivity contribution in [2.45, 2.75) is 64.1 Å². The molecule has 2 atom stereocenters. The number of hydrogen-bond acceptors (Lipinski definition) is 7. The van der Waals surface area contributed by atoms with E-state index in [9.17, 15) is 37.5 Å². The van der Waals surface area contributed by atoms with Gasteiger partial charge in [0, 0.05) is 45.7 Å². The number of aromatic hydroxyl groups is 1. The Morgan fingerprint density at radius 1 is 0.818 bits per heavy atom. The number of rotatable bonds is 15. The number of nitrogens with one attached hydrogen (secondary N) is 5. The number of carbonyl (C=O) groups is 5. The fraction of sp³-hybridized carbons (Fsp3) is 0.351. The van der Waals surface area contributed by atoms with E-state index in [0.29, 0.717) is 25.9 Å². The van der Waals surface area contributed by atoms with E-state index in [4.69, 9.17) is 15.6 Å². The first-order chi connectivity index (χ1) is 26.2. The molecule has 0 fully saturated rings. The quantitative estimate of drug-likeness (QED) is 0.0641. The number of nitrogens with zero attached hydrogens (tertiary/aromatic N) is 2. The van der Waals surface area contributed by atoms with Gasteiger partial charge in [-0.15, -0.1) is 0 Å². The summed E-state index contributed by atoms with van der Waals surface area (Å²) < 4.78 is 31.7. The highest BCUT2D eigenvalue weighted by Gasteiger charge is 2.38. The zero-order valence-corrected chi connectivity index (χ0v) is 30.1. The van der Waals surface area contributed by atoms with Crippen molar-refractivity contribution in [2.75, 3.05) is 19.6 Å². The second kappa shape index (κ2) is 21.5. The van der Waals surface area contributed by atoms with Gasteiger partial charge in [-0.2, -0.15) is 18.2 Å². The number of carboxylic acids is 1. The molecule has 15 nitrogen and oxygen atoms in total. The first kappa shape index (κ1) is 43.2. The van der Waals surface area contributed by atoms with Gasteiger partial charge >= 0.3 is 18.2 Å². The van der Waals surface area contributed by atoms with E-state index in [2.05, 4.69) is 48.6 Å². The van der Waals surface area contributed by atoms with Crippen LogP contribution in [0, 0.1) is 0 Å². The lowest BCUT2D eigenvalue weighted by atomic mass is 10.0. The van der Waals surface area contributed by atoms with E-state index in [1.54, 1.807) is 31.2 Å². The Bertz CT molecular complexity index is 1750. The second-order valence-electron chi connectivity index (χ2n) is 12.2. The van der Waals surface area contributed by atoms with Crippen LogP contribution in [0.4, 0.5) is 18.0 Å². The molecule has 1 aliphatic heterocycles. The van der Waals surface area contributed by atoms with Crippen molar-refractivity contribution in [3.8, 4) is 5.75 Å². The number of benzene rings is 3. The van der Waals surface area contributed by atoms with Crippen molar-refractivity contribution < 1.29 is 47.4 Å². The smallest absolute Gasteiger partial charge is 0.490 e. The molecule has 0 saturated carbocycles. The lowest BCUT2D eigenvalue weighted by Gasteiger charge is -2.29. The number of phenols is 1. The Kier molecular flexibility index (Phi) is 16.9. The standard InChI is InChI=1S/C35H44N8O5.C2HF3O2/c1-2-30(45)37-19-20-39-35(48)42-34(36)38-18-8-13-29(32(46)40-21-24-14-16-28(44)17-15-24)41-33(47)31(25-9-4-3-5-10-25)43-22-26-11-6-7-12-27(26)23-43;3-2(4,5)1(6)7/h3-7,9-12,14-17,29,31,44H,2,8,13,18-23H2,1H3,(H,37,45)(H,40,46)(H,41,47)(H4,36,38,39,42,48);(H,6,7)/t29-,31?;/m1./s1. The van der Waals surface area contributed by atoms with Crippen LogP contribution in [-0.4, -0.2) is 82.6 Å². The molecule has 0 bridgehead atoms. The largest absolute Gasteiger partial charge is 0.508 e. The van der Waals surface area contributed by atoms with Crippen LogP contribution >= 0.6 is 0 Å². The summed E-state index contributed by atoms with van der Waals surface area (Å²) in [6, 6.07) is 22.0. The Morgan fingerprint density at radius 2 is 1.40 bits per heavy atom. The molecule has 0 aromatic heterocycles. The number of halogens is 3. The molecule has 1 heterocycles. The van der Waals surface area contributed by atoms with Crippen LogP contribution in [0.1, 0.15) is 54.5 Å². The third-order valence-corrected chi connectivity index (χ3v) is 8.11. The molecule has 296 valence electrons. The van der Waals surface area contributed by atoms with Gasteiger partial charge in [0.25, 0.3) is 0 Å². The normalized spacial score (nSPS) is 13.6. The summed E-state index contributed by atoms with van der Waals surface area (Å²) in [5, 5.41) is 30.7. The molecule has 55 heavy (non-hydrogen) atoms. The Balaban J connectivity index is 0.00000106. The summed E-state index contributed by atoms with van der Waals surface area (Å²) in [5.41, 5.74) is 9.82. The van der Waals surface area contributed by atoms with Crippen LogP contribution in [-0.2, 0) is 38.8 Å². The number of phenolic OH excluding ortho intramolecular Hbond substituents is 1. The fourth-order valence-electron chi connectivity index (χ4n) is 5.36. The van der Waals surface area contributed by atoms with Crippen LogP contribution in [0.25, 0.3) is 0 Å². The molecule has 9 N–H and O–H groups in total. The highest BCUT2D eigenvalue weighted by molar-refractivity contribution is 5.92. The number of aliphatic carboxylic acids is 1. The van der Waals surface area contributed by atoms with E-state index < -0.39 is 30.3 Å². The molecule has 18 heteroatoms. The highest BCUT2D eigenvalue weighted by Crippen LogP contribution is 2.31. The van der Waals surface area contributed by atoms with Crippen molar-refractivity contribution in [1.29, 1.82) is 0 Å². The molecular weight excluding hydrogens is 725 g/mol. The van der Waals surface area contributed by atoms with Crippen LogP contribution in [0.3, 0.4) is 0 Å². The molecule has 3 aromatic carbocycles. The summed E-state index contributed by atoms with van der Waals surface area (Å²) in [7, 11) is 0. The van der Waals surface area contributed by atoms with Gasteiger partial charge in [-0.3, -0.25) is 19.3 Å². The maximum absolute atomic E-state index is 14.1. The van der Waals surface area contributed by atoms with Crippen LogP contribution < -0.4 is 32.3 Å². The van der Waals surface area contributed by atoms with Crippen LogP contribution in [0.15, 0.2) is 83.9 Å². The van der Waals surface area contributed by atoms with Crippen molar-refractivity contribution in [2.24, 2.45) is 10.7 Å². The summed E-state index contributed by atoms with van der Waals surface area (Å²) in [6.07, 6.45) is -4.03. The summed E-state index contributed by atoms with van der Waals surface area (Å²) in [5.74, 6) is -3.49. The third-order valence-electron chi connectivity index (χ3n) is 8.11. The minimum atomic E-state index is -5.08. The Hall–Kier alpha value is -6.17. The number of alkyl halides is 3. The van der Waals surface area contributed by atoms with Crippen molar-refractivity contribution in [3.05, 3.63) is 101 Å². The molecule has 5 amide bonds. The van der Waals surface area contributed by atoms with Gasteiger partial charge in [0.2, 0.25) is 17.7 Å². The number of guanidine groups is 1. The SMILES string of the molecule is CCC(=O)NCCNC(=O)/N=C(/N)NCCC[C@@H](NC(=O)C(c1ccccc1)N1Cc2ccccc2C1)C(=O)NCc1ccc(O)cc1.O=C(O)C(F)(F)F. The summed E-state index contributed by atoms with van der Waals surface area (Å²) in [6.45, 7) is 3.92. The minimum Gasteiger partial charge on any atom is -0.508 e. The number of carboxylic acid groups (broad SMARTS) is 1. The first-order valence-corrected chi connectivity index (χ1v) is 17.3. The lowest BCUT2D eigenvalue weighted by molar-refractivity contribution is -0.192. The van der Waals surface area contributed by atoms with E-state index >= 15 is 0 Å². The van der Waals surface area contributed by atoms with Crippen LogP contribution in [0.2, 0.25) is 0 Å². The number of fused-ring (bicyclic) bond motifs is 1. The van der Waals surface area contributed by atoms with Crippen molar-refractivity contribution >= 4 is 35.7 Å². The maximum Gasteiger partial charge on any atom is 0.490 e. The zero-order chi connectivity index (χ0) is 40.4. The van der Waals surface area contributed by atoms with Gasteiger partial charge in [0.1, 0.15) is 17.8 Å². The maximum atomic E-state index is 14.1. The van der Waals surface area contributed by atoms with Gasteiger partial charge in [0.15, 0.2) is 5.96 Å². The fourth-order valence-corrected chi connectivity index (χ4v) is 5.36. The van der Waals surface area contributed by atoms with Gasteiger partial charge in [0.05, 0.1) is 0 Å². The van der Waals surface area contributed by atoms with Crippen molar-refractivity contribution in [3.63, 3.8) is 0 Å². The van der Waals surface area contributed by atoms with Gasteiger partial charge in [-0.1, -0.05) is 73.7 Å². The van der Waals surface area contributed by atoms with Gasteiger partial charge in [-0.25, -0.2) is 9.59 Å². The number of aliphatic imine (C=N–C) groups is 1. The second-order valence-corrected chi connectivity index (χ2v) is 12.2. The predicted molar refractivity (Wildman–Crippen MR) is 196 cm³/mol. The van der Waals surface area contributed by atoms with Crippen molar-refractivity contribution in [1.82, 2.24) is 31.5 Å². The molecule has 0 radical (unpaired) electrons. The summed E-state index contributed by atoms with van der Waals surface area (Å²) in [4.78, 5) is 65.6. The molecule has 0 aliphatic carbocycles.